The summed E-state index contributed by atoms with van der Waals surface area (Å²) < 4.78 is 74.2. The van der Waals surface area contributed by atoms with Gasteiger partial charge in [-0.3, -0.25) is 0 Å². The quantitative estimate of drug-likeness (QED) is 0.819. The maximum absolute atomic E-state index is 12.5. The van der Waals surface area contributed by atoms with Gasteiger partial charge >= 0.3 is 12.4 Å². The molecule has 0 saturated heterocycles. The minimum atomic E-state index is -4.72. The summed E-state index contributed by atoms with van der Waals surface area (Å²) in [5, 5.41) is 0. The monoisotopic (exact) mass is 309 g/mol. The van der Waals surface area contributed by atoms with E-state index < -0.39 is 29.6 Å². The Hall–Kier alpha value is -2.46. The van der Waals surface area contributed by atoms with Crippen LogP contribution in [-0.4, -0.2) is 19.9 Å². The molecule has 0 bridgehead atoms. The largest absolute Gasteiger partial charge is 0.451 e. The highest BCUT2D eigenvalue weighted by molar-refractivity contribution is 5.55. The zero-order chi connectivity index (χ0) is 15.8. The molecule has 0 aliphatic carbocycles. The summed E-state index contributed by atoms with van der Waals surface area (Å²) in [5.41, 5.74) is 3.82. The number of nitrogens with two attached hydrogens (primary N) is 1. The SMILES string of the molecule is Nc1nc(-c2cnc(C(F)(F)F)nc2)ncc1C(F)(F)F. The van der Waals surface area contributed by atoms with Gasteiger partial charge in [-0.1, -0.05) is 0 Å². The summed E-state index contributed by atoms with van der Waals surface area (Å²) in [6.07, 6.45) is -7.51. The molecule has 2 heterocycles. The number of nitrogens with zero attached hydrogens (tertiary/aromatic N) is 4. The minimum absolute atomic E-state index is 0.0941. The molecule has 2 rings (SSSR count). The van der Waals surface area contributed by atoms with Crippen LogP contribution < -0.4 is 5.73 Å². The first-order valence-corrected chi connectivity index (χ1v) is 5.18. The van der Waals surface area contributed by atoms with Crippen molar-refractivity contribution in [2.75, 3.05) is 5.73 Å². The highest BCUT2D eigenvalue weighted by Crippen LogP contribution is 2.33. The van der Waals surface area contributed by atoms with E-state index in [1.165, 1.54) is 0 Å². The number of anilines is 1. The smallest absolute Gasteiger partial charge is 0.383 e. The van der Waals surface area contributed by atoms with E-state index in [0.717, 1.165) is 12.4 Å². The fourth-order valence-corrected chi connectivity index (χ4v) is 1.34. The molecule has 11 heteroatoms. The summed E-state index contributed by atoms with van der Waals surface area (Å²) >= 11 is 0. The van der Waals surface area contributed by atoms with Crippen LogP contribution in [0.25, 0.3) is 11.4 Å². The normalized spacial score (nSPS) is 12.5. The van der Waals surface area contributed by atoms with Gasteiger partial charge < -0.3 is 5.73 Å². The first-order chi connectivity index (χ1) is 9.59. The fraction of sp³-hybridized carbons (Fsp3) is 0.200. The maximum atomic E-state index is 12.5. The molecular weight excluding hydrogens is 304 g/mol. The second kappa shape index (κ2) is 4.82. The number of nitrogen functional groups attached to an aromatic ring is 1. The lowest BCUT2D eigenvalue weighted by molar-refractivity contribution is -0.145. The minimum Gasteiger partial charge on any atom is -0.383 e. The number of hydrogen-bond acceptors (Lipinski definition) is 5. The average molecular weight is 309 g/mol. The van der Waals surface area contributed by atoms with Crippen molar-refractivity contribution in [1.29, 1.82) is 0 Å². The predicted octanol–water partition coefficient (Wildman–Crippen LogP) is 2.55. The van der Waals surface area contributed by atoms with Gasteiger partial charge in [-0.25, -0.2) is 19.9 Å². The number of rotatable bonds is 1. The molecule has 21 heavy (non-hydrogen) atoms. The summed E-state index contributed by atoms with van der Waals surface area (Å²) in [6, 6.07) is 0. The van der Waals surface area contributed by atoms with E-state index in [-0.39, 0.29) is 11.4 Å². The molecule has 112 valence electrons. The van der Waals surface area contributed by atoms with Crippen molar-refractivity contribution in [2.24, 2.45) is 0 Å². The van der Waals surface area contributed by atoms with Crippen LogP contribution in [0, 0.1) is 0 Å². The van der Waals surface area contributed by atoms with Crippen molar-refractivity contribution in [2.45, 2.75) is 12.4 Å². The van der Waals surface area contributed by atoms with Crippen LogP contribution in [0.4, 0.5) is 32.2 Å². The van der Waals surface area contributed by atoms with Crippen LogP contribution >= 0.6 is 0 Å². The summed E-state index contributed by atoms with van der Waals surface area (Å²) in [5.74, 6) is -2.53. The van der Waals surface area contributed by atoms with Crippen molar-refractivity contribution in [3.05, 3.63) is 30.0 Å². The van der Waals surface area contributed by atoms with Crippen LogP contribution in [0.2, 0.25) is 0 Å². The van der Waals surface area contributed by atoms with Gasteiger partial charge in [0, 0.05) is 18.6 Å². The standard InChI is InChI=1S/C10H5F6N5/c11-9(12,13)5-3-18-7(21-6(5)17)4-1-19-8(20-2-4)10(14,15)16/h1-3H,(H2,17,18,21). The molecular formula is C10H5F6N5. The molecule has 0 aliphatic rings. The molecule has 0 aliphatic heterocycles. The molecule has 0 spiro atoms. The second-order valence-corrected chi connectivity index (χ2v) is 3.78. The highest BCUT2D eigenvalue weighted by Gasteiger charge is 2.35. The molecule has 2 aromatic heterocycles. The van der Waals surface area contributed by atoms with Gasteiger partial charge in [0.2, 0.25) is 5.82 Å². The van der Waals surface area contributed by atoms with Crippen molar-refractivity contribution < 1.29 is 26.3 Å². The van der Waals surface area contributed by atoms with Crippen molar-refractivity contribution >= 4 is 5.82 Å². The van der Waals surface area contributed by atoms with Gasteiger partial charge in [0.05, 0.1) is 5.56 Å². The molecule has 5 nitrogen and oxygen atoms in total. The van der Waals surface area contributed by atoms with Gasteiger partial charge in [0.1, 0.15) is 11.4 Å². The van der Waals surface area contributed by atoms with Gasteiger partial charge in [0.15, 0.2) is 5.82 Å². The van der Waals surface area contributed by atoms with Gasteiger partial charge in [-0.2, -0.15) is 26.3 Å². The van der Waals surface area contributed by atoms with E-state index in [0.29, 0.717) is 6.20 Å². The topological polar surface area (TPSA) is 77.6 Å². The van der Waals surface area contributed by atoms with Crippen LogP contribution in [0.5, 0.6) is 0 Å². The molecule has 2 N–H and O–H groups in total. The van der Waals surface area contributed by atoms with Crippen molar-refractivity contribution in [1.82, 2.24) is 19.9 Å². The Morgan fingerprint density at radius 3 is 1.81 bits per heavy atom. The predicted molar refractivity (Wildman–Crippen MR) is 57.5 cm³/mol. The van der Waals surface area contributed by atoms with Crippen LogP contribution in [0.15, 0.2) is 18.6 Å². The Balaban J connectivity index is 2.37. The highest BCUT2D eigenvalue weighted by atomic mass is 19.4. The van der Waals surface area contributed by atoms with E-state index in [4.69, 9.17) is 5.73 Å². The molecule has 0 aromatic carbocycles. The summed E-state index contributed by atoms with van der Waals surface area (Å²) in [7, 11) is 0. The molecule has 0 saturated carbocycles. The number of alkyl halides is 6. The van der Waals surface area contributed by atoms with E-state index in [1.54, 1.807) is 0 Å². The van der Waals surface area contributed by atoms with Crippen LogP contribution in [0.3, 0.4) is 0 Å². The van der Waals surface area contributed by atoms with Gasteiger partial charge in [0.25, 0.3) is 0 Å². The van der Waals surface area contributed by atoms with Crippen LogP contribution in [0.1, 0.15) is 11.4 Å². The molecule has 2 aromatic rings. The third kappa shape index (κ3) is 3.17. The number of aromatic nitrogens is 4. The second-order valence-electron chi connectivity index (χ2n) is 3.78. The Kier molecular flexibility index (Phi) is 3.43. The number of hydrogen-bond donors (Lipinski definition) is 1. The van der Waals surface area contributed by atoms with E-state index >= 15 is 0 Å². The van der Waals surface area contributed by atoms with Crippen LogP contribution in [-0.2, 0) is 12.4 Å². The Bertz CT molecular complexity index is 648. The average Bonchev–Trinajstić information content (AvgIpc) is 2.36. The molecule has 0 unspecified atom stereocenters. The Morgan fingerprint density at radius 1 is 0.810 bits per heavy atom. The number of halogens is 6. The lowest BCUT2D eigenvalue weighted by Crippen LogP contribution is -2.12. The maximum Gasteiger partial charge on any atom is 0.451 e. The lowest BCUT2D eigenvalue weighted by Gasteiger charge is -2.09. The zero-order valence-electron chi connectivity index (χ0n) is 9.87. The summed E-state index contributed by atoms with van der Waals surface area (Å²) in [4.78, 5) is 12.9. The first-order valence-electron chi connectivity index (χ1n) is 5.18. The Labute approximate surface area is 112 Å². The van der Waals surface area contributed by atoms with Gasteiger partial charge in [-0.05, 0) is 0 Å². The zero-order valence-corrected chi connectivity index (χ0v) is 9.87. The lowest BCUT2D eigenvalue weighted by atomic mass is 10.2. The third-order valence-electron chi connectivity index (χ3n) is 2.29. The van der Waals surface area contributed by atoms with E-state index in [2.05, 4.69) is 19.9 Å². The molecule has 0 amide bonds. The van der Waals surface area contributed by atoms with Crippen molar-refractivity contribution in [3.8, 4) is 11.4 Å². The van der Waals surface area contributed by atoms with E-state index in [1.807, 2.05) is 0 Å². The first kappa shape index (κ1) is 14.9. The molecule has 0 radical (unpaired) electrons. The third-order valence-corrected chi connectivity index (χ3v) is 2.29. The molecule has 0 atom stereocenters. The van der Waals surface area contributed by atoms with E-state index in [9.17, 15) is 26.3 Å². The van der Waals surface area contributed by atoms with Crippen molar-refractivity contribution in [3.63, 3.8) is 0 Å². The fourth-order valence-electron chi connectivity index (χ4n) is 1.34. The van der Waals surface area contributed by atoms with Gasteiger partial charge in [-0.15, -0.1) is 0 Å². The Morgan fingerprint density at radius 2 is 1.38 bits per heavy atom. The summed E-state index contributed by atoms with van der Waals surface area (Å²) in [6.45, 7) is 0. The molecule has 0 fully saturated rings.